The molecule has 0 radical (unpaired) electrons. The third kappa shape index (κ3) is 3.37. The van der Waals surface area contributed by atoms with E-state index in [2.05, 4.69) is 20.3 Å². The number of nitrogens with zero attached hydrogens (tertiary/aromatic N) is 2. The molecule has 3 unspecified atom stereocenters. The lowest BCUT2D eigenvalue weighted by Crippen LogP contribution is -2.63. The highest BCUT2D eigenvalue weighted by Crippen LogP contribution is 2.34. The summed E-state index contributed by atoms with van der Waals surface area (Å²) >= 11 is 1.23. The first-order valence-electron chi connectivity index (χ1n) is 7.28. The zero-order chi connectivity index (χ0) is 17.3. The molecule has 24 heavy (non-hydrogen) atoms. The summed E-state index contributed by atoms with van der Waals surface area (Å²) in [6.07, 6.45) is -3.51. The van der Waals surface area contributed by atoms with Crippen LogP contribution in [0.1, 0.15) is 6.92 Å². The van der Waals surface area contributed by atoms with E-state index < -0.39 is 36.4 Å². The molecule has 1 saturated heterocycles. The molecule has 1 amide bonds. The van der Waals surface area contributed by atoms with E-state index in [1.165, 1.54) is 18.7 Å². The molecule has 10 heteroatoms. The fourth-order valence-electron chi connectivity index (χ4n) is 2.54. The summed E-state index contributed by atoms with van der Waals surface area (Å²) in [6.45, 7) is 0.862. The molecule has 1 aromatic heterocycles. The zero-order valence-electron chi connectivity index (χ0n) is 12.7. The Bertz CT molecular complexity index is 725. The van der Waals surface area contributed by atoms with Crippen molar-refractivity contribution in [1.82, 2.24) is 15.6 Å². The highest BCUT2D eigenvalue weighted by molar-refractivity contribution is 7.99. The van der Waals surface area contributed by atoms with E-state index in [1.54, 1.807) is 18.2 Å². The van der Waals surface area contributed by atoms with Crippen LogP contribution in [-0.4, -0.2) is 67.9 Å². The van der Waals surface area contributed by atoms with Crippen LogP contribution in [0.15, 0.2) is 27.7 Å². The molecule has 3 rings (SSSR count). The average Bonchev–Trinajstić information content (AvgIpc) is 3.01. The molecule has 1 aliphatic rings. The van der Waals surface area contributed by atoms with Crippen molar-refractivity contribution in [1.29, 1.82) is 0 Å². The van der Waals surface area contributed by atoms with E-state index in [4.69, 9.17) is 4.74 Å². The molecule has 0 saturated carbocycles. The molecule has 5 atom stereocenters. The third-order valence-corrected chi connectivity index (χ3v) is 4.89. The van der Waals surface area contributed by atoms with Gasteiger partial charge < -0.3 is 25.4 Å². The van der Waals surface area contributed by atoms with E-state index >= 15 is 0 Å². The van der Waals surface area contributed by atoms with Gasteiger partial charge in [-0.3, -0.25) is 4.79 Å². The number of carbonyl (C=O) groups is 1. The molecule has 2 heterocycles. The molecular weight excluding hydrogens is 338 g/mol. The number of hydrogen-bond acceptors (Lipinski definition) is 9. The summed E-state index contributed by atoms with van der Waals surface area (Å²) in [5.41, 5.74) is 0.457. The number of hydrogen-bond donors (Lipinski definition) is 4. The summed E-state index contributed by atoms with van der Waals surface area (Å²) < 4.78 is 10.3. The predicted octanol–water partition coefficient (Wildman–Crippen LogP) is -0.741. The lowest BCUT2D eigenvalue weighted by atomic mass is 9.98. The monoisotopic (exact) mass is 355 g/mol. The van der Waals surface area contributed by atoms with Gasteiger partial charge in [-0.2, -0.15) is 0 Å². The normalized spacial score (nSPS) is 30.4. The van der Waals surface area contributed by atoms with Crippen molar-refractivity contribution in [3.05, 3.63) is 18.2 Å². The lowest BCUT2D eigenvalue weighted by molar-refractivity contribution is -0.173. The van der Waals surface area contributed by atoms with Crippen molar-refractivity contribution in [2.75, 3.05) is 6.61 Å². The van der Waals surface area contributed by atoms with Gasteiger partial charge in [-0.25, -0.2) is 4.63 Å². The van der Waals surface area contributed by atoms with Gasteiger partial charge in [0.05, 0.1) is 12.6 Å². The van der Waals surface area contributed by atoms with Crippen LogP contribution in [0.2, 0.25) is 0 Å². The molecule has 0 spiro atoms. The van der Waals surface area contributed by atoms with Crippen molar-refractivity contribution >= 4 is 28.7 Å². The number of aliphatic hydroxyl groups excluding tert-OH is 3. The van der Waals surface area contributed by atoms with Crippen LogP contribution >= 0.6 is 11.8 Å². The lowest BCUT2D eigenvalue weighted by Gasteiger charge is -2.42. The minimum atomic E-state index is -1.30. The van der Waals surface area contributed by atoms with Gasteiger partial charge in [-0.1, -0.05) is 11.8 Å². The number of fused-ring (bicyclic) bond motifs is 1. The number of carbonyl (C=O) groups excluding carboxylic acids is 1. The van der Waals surface area contributed by atoms with Crippen molar-refractivity contribution in [2.45, 2.75) is 41.6 Å². The number of aromatic nitrogens is 2. The van der Waals surface area contributed by atoms with Crippen LogP contribution in [0.25, 0.3) is 11.0 Å². The number of benzene rings is 1. The van der Waals surface area contributed by atoms with Gasteiger partial charge in [-0.05, 0) is 28.5 Å². The van der Waals surface area contributed by atoms with Gasteiger partial charge in [0, 0.05) is 11.8 Å². The molecular formula is C14H17N3O6S. The van der Waals surface area contributed by atoms with Crippen molar-refractivity contribution in [3.63, 3.8) is 0 Å². The fourth-order valence-corrected chi connectivity index (χ4v) is 3.71. The summed E-state index contributed by atoms with van der Waals surface area (Å²) in [5.74, 6) is -0.362. The van der Waals surface area contributed by atoms with Crippen LogP contribution in [0.4, 0.5) is 0 Å². The Balaban J connectivity index is 1.84. The first-order chi connectivity index (χ1) is 11.5. The Labute approximate surface area is 140 Å². The number of thioether (sulfide) groups is 1. The van der Waals surface area contributed by atoms with Crippen molar-refractivity contribution < 1.29 is 29.5 Å². The predicted molar refractivity (Wildman–Crippen MR) is 83.0 cm³/mol. The molecule has 1 aliphatic heterocycles. The quantitative estimate of drug-likeness (QED) is 0.558. The number of nitrogens with one attached hydrogen (secondary N) is 1. The van der Waals surface area contributed by atoms with Crippen LogP contribution in [-0.2, 0) is 9.53 Å². The standard InChI is InChI=1S/C14H17N3O6S/c1-6(19)15-11-13(21)12(20)10(5-18)22-14(11)24-7-2-3-8-9(4-7)17-23-16-8/h2-4,10-14,18,20-21H,5H2,1H3,(H,15,19)/t10?,11?,12-,13?,14+/m1/s1. The van der Waals surface area contributed by atoms with E-state index in [1.807, 2.05) is 0 Å². The zero-order valence-corrected chi connectivity index (χ0v) is 13.5. The Morgan fingerprint density at radius 2 is 2.04 bits per heavy atom. The second-order valence-corrected chi connectivity index (χ2v) is 6.64. The molecule has 1 aromatic carbocycles. The van der Waals surface area contributed by atoms with Gasteiger partial charge in [-0.15, -0.1) is 0 Å². The minimum Gasteiger partial charge on any atom is -0.394 e. The van der Waals surface area contributed by atoms with Crippen LogP contribution in [0, 0.1) is 0 Å². The Morgan fingerprint density at radius 1 is 1.29 bits per heavy atom. The number of aliphatic hydroxyl groups is 3. The maximum absolute atomic E-state index is 11.4. The summed E-state index contributed by atoms with van der Waals surface area (Å²) in [6, 6.07) is 4.39. The van der Waals surface area contributed by atoms with Crippen LogP contribution < -0.4 is 5.32 Å². The largest absolute Gasteiger partial charge is 0.394 e. The second-order valence-electron chi connectivity index (χ2n) is 5.47. The summed E-state index contributed by atoms with van der Waals surface area (Å²) in [5, 5.41) is 39.6. The molecule has 130 valence electrons. The number of amides is 1. The van der Waals surface area contributed by atoms with Crippen LogP contribution in [0.5, 0.6) is 0 Å². The van der Waals surface area contributed by atoms with E-state index in [0.29, 0.717) is 11.0 Å². The molecule has 0 bridgehead atoms. The maximum Gasteiger partial charge on any atom is 0.217 e. The highest BCUT2D eigenvalue weighted by atomic mass is 32.2. The topological polar surface area (TPSA) is 138 Å². The minimum absolute atomic E-state index is 0.362. The van der Waals surface area contributed by atoms with E-state index in [9.17, 15) is 20.1 Å². The average molecular weight is 355 g/mol. The second kappa shape index (κ2) is 7.03. The van der Waals surface area contributed by atoms with Gasteiger partial charge in [0.25, 0.3) is 0 Å². The van der Waals surface area contributed by atoms with Crippen molar-refractivity contribution in [3.8, 4) is 0 Å². The molecule has 9 nitrogen and oxygen atoms in total. The number of ether oxygens (including phenoxy) is 1. The Kier molecular flexibility index (Phi) is 5.01. The van der Waals surface area contributed by atoms with Crippen molar-refractivity contribution in [2.24, 2.45) is 0 Å². The van der Waals surface area contributed by atoms with Gasteiger partial charge in [0.15, 0.2) is 0 Å². The molecule has 1 fully saturated rings. The smallest absolute Gasteiger partial charge is 0.217 e. The third-order valence-electron chi connectivity index (χ3n) is 3.73. The SMILES string of the molecule is CC(=O)NC1C(O)[C@H](O)C(CO)O[C@H]1Sc1ccc2nonc2c1. The Morgan fingerprint density at radius 3 is 2.75 bits per heavy atom. The molecule has 0 aliphatic carbocycles. The molecule has 2 aromatic rings. The Hall–Kier alpha value is -1.72. The first-order valence-corrected chi connectivity index (χ1v) is 8.16. The number of rotatable bonds is 4. The van der Waals surface area contributed by atoms with E-state index in [-0.39, 0.29) is 5.91 Å². The fraction of sp³-hybridized carbons (Fsp3) is 0.500. The van der Waals surface area contributed by atoms with Crippen LogP contribution in [0.3, 0.4) is 0 Å². The highest BCUT2D eigenvalue weighted by Gasteiger charge is 2.45. The maximum atomic E-state index is 11.4. The van der Waals surface area contributed by atoms with Gasteiger partial charge >= 0.3 is 0 Å². The van der Waals surface area contributed by atoms with Gasteiger partial charge in [0.2, 0.25) is 5.91 Å². The summed E-state index contributed by atoms with van der Waals surface area (Å²) in [7, 11) is 0. The summed E-state index contributed by atoms with van der Waals surface area (Å²) in [4.78, 5) is 12.2. The molecule has 4 N–H and O–H groups in total. The van der Waals surface area contributed by atoms with E-state index in [0.717, 1.165) is 4.90 Å². The first kappa shape index (κ1) is 17.1. The van der Waals surface area contributed by atoms with Gasteiger partial charge in [0.1, 0.15) is 34.8 Å².